The summed E-state index contributed by atoms with van der Waals surface area (Å²) in [7, 11) is 1.68. The summed E-state index contributed by atoms with van der Waals surface area (Å²) in [6.07, 6.45) is 5.21. The molecule has 0 aromatic heterocycles. The van der Waals surface area contributed by atoms with Gasteiger partial charge in [0.2, 0.25) is 5.91 Å². The molecular formula is C15H27NO4. The van der Waals surface area contributed by atoms with Crippen LogP contribution in [0.5, 0.6) is 0 Å². The molecule has 0 heterocycles. The summed E-state index contributed by atoms with van der Waals surface area (Å²) < 4.78 is 4.96. The van der Waals surface area contributed by atoms with Crippen LogP contribution in [0.1, 0.15) is 45.4 Å². The van der Waals surface area contributed by atoms with Crippen molar-refractivity contribution in [1.29, 1.82) is 0 Å². The highest BCUT2D eigenvalue weighted by Gasteiger charge is 2.41. The minimum Gasteiger partial charge on any atom is -0.481 e. The minimum absolute atomic E-state index is 0.0832. The van der Waals surface area contributed by atoms with E-state index in [4.69, 9.17) is 4.74 Å². The van der Waals surface area contributed by atoms with Crippen molar-refractivity contribution >= 4 is 11.9 Å². The molecule has 0 aromatic carbocycles. The van der Waals surface area contributed by atoms with Crippen LogP contribution in [-0.4, -0.2) is 37.2 Å². The van der Waals surface area contributed by atoms with Gasteiger partial charge in [0, 0.05) is 20.3 Å². The SMILES string of the molecule is CCC1CC(C(=O)O)C(C(=O)NCCCCCOC)C1. The molecule has 3 atom stereocenters. The van der Waals surface area contributed by atoms with Gasteiger partial charge in [-0.05, 0) is 38.0 Å². The molecule has 1 aliphatic carbocycles. The first-order valence-electron chi connectivity index (χ1n) is 7.59. The zero-order chi connectivity index (χ0) is 15.0. The van der Waals surface area contributed by atoms with Crippen LogP contribution in [0.4, 0.5) is 0 Å². The molecule has 1 amide bonds. The average Bonchev–Trinajstić information content (AvgIpc) is 2.87. The van der Waals surface area contributed by atoms with Gasteiger partial charge in [-0.25, -0.2) is 0 Å². The molecule has 1 rings (SSSR count). The lowest BCUT2D eigenvalue weighted by Crippen LogP contribution is -2.35. The number of rotatable bonds is 9. The van der Waals surface area contributed by atoms with E-state index in [0.29, 0.717) is 25.3 Å². The summed E-state index contributed by atoms with van der Waals surface area (Å²) in [5.41, 5.74) is 0. The van der Waals surface area contributed by atoms with Gasteiger partial charge in [-0.3, -0.25) is 9.59 Å². The molecule has 1 saturated carbocycles. The molecule has 0 aromatic rings. The maximum atomic E-state index is 12.1. The van der Waals surface area contributed by atoms with Crippen molar-refractivity contribution in [1.82, 2.24) is 5.32 Å². The number of nitrogens with one attached hydrogen (secondary N) is 1. The standard InChI is InChI=1S/C15H27NO4/c1-3-11-9-12(13(10-11)15(18)19)14(17)16-7-5-4-6-8-20-2/h11-13H,3-10H2,1-2H3,(H,16,17)(H,18,19). The van der Waals surface area contributed by atoms with E-state index < -0.39 is 11.9 Å². The van der Waals surface area contributed by atoms with Crippen LogP contribution in [0, 0.1) is 17.8 Å². The normalized spacial score (nSPS) is 25.6. The molecule has 1 aliphatic rings. The summed E-state index contributed by atoms with van der Waals surface area (Å²) >= 11 is 0. The highest BCUT2D eigenvalue weighted by atomic mass is 16.5. The Bertz CT molecular complexity index is 319. The predicted molar refractivity (Wildman–Crippen MR) is 76.4 cm³/mol. The van der Waals surface area contributed by atoms with E-state index in [9.17, 15) is 14.7 Å². The number of hydrogen-bond donors (Lipinski definition) is 2. The van der Waals surface area contributed by atoms with Crippen LogP contribution >= 0.6 is 0 Å². The summed E-state index contributed by atoms with van der Waals surface area (Å²) in [4.78, 5) is 23.3. The topological polar surface area (TPSA) is 75.6 Å². The minimum atomic E-state index is -0.832. The van der Waals surface area contributed by atoms with Crippen LogP contribution in [0.25, 0.3) is 0 Å². The molecule has 0 saturated heterocycles. The molecule has 5 heteroatoms. The molecule has 116 valence electrons. The fourth-order valence-corrected chi connectivity index (χ4v) is 2.93. The lowest BCUT2D eigenvalue weighted by atomic mass is 9.95. The van der Waals surface area contributed by atoms with Crippen LogP contribution in [0.2, 0.25) is 0 Å². The fraction of sp³-hybridized carbons (Fsp3) is 0.867. The van der Waals surface area contributed by atoms with Crippen molar-refractivity contribution in [3.05, 3.63) is 0 Å². The van der Waals surface area contributed by atoms with E-state index in [1.54, 1.807) is 7.11 Å². The number of carbonyl (C=O) groups is 2. The number of hydrogen-bond acceptors (Lipinski definition) is 3. The van der Waals surface area contributed by atoms with Gasteiger partial charge in [0.05, 0.1) is 11.8 Å². The Morgan fingerprint density at radius 2 is 1.90 bits per heavy atom. The Kier molecular flexibility index (Phi) is 7.59. The number of methoxy groups -OCH3 is 1. The van der Waals surface area contributed by atoms with E-state index in [0.717, 1.165) is 32.3 Å². The van der Waals surface area contributed by atoms with Crippen molar-refractivity contribution < 1.29 is 19.4 Å². The van der Waals surface area contributed by atoms with Gasteiger partial charge >= 0.3 is 5.97 Å². The third-order valence-corrected chi connectivity index (χ3v) is 4.22. The third-order valence-electron chi connectivity index (χ3n) is 4.22. The number of unbranched alkanes of at least 4 members (excludes halogenated alkanes) is 2. The largest absolute Gasteiger partial charge is 0.481 e. The van der Waals surface area contributed by atoms with Crippen LogP contribution < -0.4 is 5.32 Å². The number of carboxylic acid groups (broad SMARTS) is 1. The summed E-state index contributed by atoms with van der Waals surface area (Å²) in [6, 6.07) is 0. The van der Waals surface area contributed by atoms with E-state index in [1.165, 1.54) is 0 Å². The van der Waals surface area contributed by atoms with E-state index in [-0.39, 0.29) is 11.8 Å². The van der Waals surface area contributed by atoms with Gasteiger partial charge in [-0.15, -0.1) is 0 Å². The molecular weight excluding hydrogens is 258 g/mol. The Morgan fingerprint density at radius 3 is 2.50 bits per heavy atom. The second kappa shape index (κ2) is 8.95. The lowest BCUT2D eigenvalue weighted by molar-refractivity contribution is -0.146. The highest BCUT2D eigenvalue weighted by Crippen LogP contribution is 2.38. The highest BCUT2D eigenvalue weighted by molar-refractivity contribution is 5.85. The van der Waals surface area contributed by atoms with Crippen LogP contribution in [-0.2, 0) is 14.3 Å². The second-order valence-electron chi connectivity index (χ2n) is 5.64. The maximum Gasteiger partial charge on any atom is 0.307 e. The Hall–Kier alpha value is -1.10. The average molecular weight is 285 g/mol. The number of ether oxygens (including phenoxy) is 1. The smallest absolute Gasteiger partial charge is 0.307 e. The third kappa shape index (κ3) is 5.12. The van der Waals surface area contributed by atoms with Gasteiger partial charge in [0.15, 0.2) is 0 Å². The fourth-order valence-electron chi connectivity index (χ4n) is 2.93. The first kappa shape index (κ1) is 17.0. The van der Waals surface area contributed by atoms with Crippen molar-refractivity contribution in [2.45, 2.75) is 45.4 Å². The maximum absolute atomic E-state index is 12.1. The van der Waals surface area contributed by atoms with E-state index in [2.05, 4.69) is 12.2 Å². The first-order chi connectivity index (χ1) is 9.60. The lowest BCUT2D eigenvalue weighted by Gasteiger charge is -2.15. The van der Waals surface area contributed by atoms with Gasteiger partial charge in [0.25, 0.3) is 0 Å². The molecule has 1 fully saturated rings. The number of aliphatic carboxylic acids is 1. The number of carbonyl (C=O) groups excluding carboxylic acids is 1. The van der Waals surface area contributed by atoms with Crippen molar-refractivity contribution in [2.75, 3.05) is 20.3 Å². The molecule has 0 aliphatic heterocycles. The molecule has 0 bridgehead atoms. The van der Waals surface area contributed by atoms with E-state index in [1.807, 2.05) is 0 Å². The Balaban J connectivity index is 2.32. The molecule has 2 N–H and O–H groups in total. The number of amides is 1. The van der Waals surface area contributed by atoms with Crippen molar-refractivity contribution in [2.24, 2.45) is 17.8 Å². The Labute approximate surface area is 121 Å². The van der Waals surface area contributed by atoms with Crippen LogP contribution in [0.15, 0.2) is 0 Å². The van der Waals surface area contributed by atoms with Crippen molar-refractivity contribution in [3.8, 4) is 0 Å². The molecule has 0 spiro atoms. The summed E-state index contributed by atoms with van der Waals surface area (Å²) in [5.74, 6) is -1.40. The van der Waals surface area contributed by atoms with Gasteiger partial charge < -0.3 is 15.2 Å². The van der Waals surface area contributed by atoms with Crippen molar-refractivity contribution in [3.63, 3.8) is 0 Å². The summed E-state index contributed by atoms with van der Waals surface area (Å²) in [5, 5.41) is 12.1. The zero-order valence-corrected chi connectivity index (χ0v) is 12.6. The number of carboxylic acids is 1. The Morgan fingerprint density at radius 1 is 1.20 bits per heavy atom. The molecule has 0 radical (unpaired) electrons. The molecule has 5 nitrogen and oxygen atoms in total. The monoisotopic (exact) mass is 285 g/mol. The molecule has 3 unspecified atom stereocenters. The zero-order valence-electron chi connectivity index (χ0n) is 12.6. The van der Waals surface area contributed by atoms with Gasteiger partial charge in [0.1, 0.15) is 0 Å². The second-order valence-corrected chi connectivity index (χ2v) is 5.64. The van der Waals surface area contributed by atoms with Gasteiger partial charge in [-0.2, -0.15) is 0 Å². The van der Waals surface area contributed by atoms with Crippen LogP contribution in [0.3, 0.4) is 0 Å². The predicted octanol–water partition coefficient (Wildman–Crippen LogP) is 2.06. The van der Waals surface area contributed by atoms with Gasteiger partial charge in [-0.1, -0.05) is 13.3 Å². The summed E-state index contributed by atoms with van der Waals surface area (Å²) in [6.45, 7) is 3.43. The quantitative estimate of drug-likeness (QED) is 0.636. The first-order valence-corrected chi connectivity index (χ1v) is 7.59. The van der Waals surface area contributed by atoms with E-state index >= 15 is 0 Å². The molecule has 20 heavy (non-hydrogen) atoms.